The molecular weight excluding hydrogens is 450 g/mol. The molecule has 0 bridgehead atoms. The Kier molecular flexibility index (Phi) is 4.90. The number of hydrogen-bond acceptors (Lipinski definition) is 2. The van der Waals surface area contributed by atoms with Gasteiger partial charge in [0.2, 0.25) is 5.90 Å². The molecule has 6 aromatic carbocycles. The number of nitrogens with zero attached hydrogens (tertiary/aromatic N) is 1. The Balaban J connectivity index is 1.45. The lowest BCUT2D eigenvalue weighted by Gasteiger charge is -2.18. The lowest BCUT2D eigenvalue weighted by molar-refractivity contribution is 0.279. The first kappa shape index (κ1) is 21.8. The van der Waals surface area contributed by atoms with Crippen molar-refractivity contribution >= 4 is 38.2 Å². The summed E-state index contributed by atoms with van der Waals surface area (Å²) in [6.45, 7) is 4.83. The predicted molar refractivity (Wildman–Crippen MR) is 156 cm³/mol. The quantitative estimate of drug-likeness (QED) is 0.233. The molecule has 0 N–H and O–H groups in total. The third kappa shape index (κ3) is 3.68. The van der Waals surface area contributed by atoms with Crippen LogP contribution >= 0.6 is 0 Å². The molecule has 1 aliphatic heterocycles. The summed E-state index contributed by atoms with van der Waals surface area (Å²) in [6.07, 6.45) is 0. The summed E-state index contributed by atoms with van der Waals surface area (Å²) in [6, 6.07) is 41.6. The monoisotopic (exact) mass is 477 g/mol. The van der Waals surface area contributed by atoms with Crippen LogP contribution in [0, 0.1) is 0 Å². The second-order valence-corrected chi connectivity index (χ2v) is 10.5. The van der Waals surface area contributed by atoms with Gasteiger partial charge in [0.1, 0.15) is 6.61 Å². The fourth-order valence-electron chi connectivity index (χ4n) is 5.62. The van der Waals surface area contributed by atoms with Crippen molar-refractivity contribution in [2.75, 3.05) is 6.61 Å². The van der Waals surface area contributed by atoms with Gasteiger partial charge in [-0.25, -0.2) is 4.99 Å². The van der Waals surface area contributed by atoms with Gasteiger partial charge in [0.15, 0.2) is 0 Å². The largest absolute Gasteiger partial charge is 0.475 e. The molecule has 2 heteroatoms. The number of aliphatic imine (C=N–C) groups is 1. The van der Waals surface area contributed by atoms with Crippen LogP contribution < -0.4 is 0 Å². The second-order valence-electron chi connectivity index (χ2n) is 10.5. The SMILES string of the molecule is CC1(C)COC(c2ccc3cc(-c4c5ccccc5c(-c5ccccc5)c5ccccc45)ccc3c2)=N1. The molecule has 0 amide bonds. The van der Waals surface area contributed by atoms with Crippen molar-refractivity contribution in [2.24, 2.45) is 4.99 Å². The van der Waals surface area contributed by atoms with Gasteiger partial charge in [-0.15, -0.1) is 0 Å². The van der Waals surface area contributed by atoms with Gasteiger partial charge in [-0.3, -0.25) is 0 Å². The third-order valence-electron chi connectivity index (χ3n) is 7.34. The summed E-state index contributed by atoms with van der Waals surface area (Å²) in [5.41, 5.74) is 5.91. The first-order valence-corrected chi connectivity index (χ1v) is 12.8. The van der Waals surface area contributed by atoms with Gasteiger partial charge in [-0.05, 0) is 86.6 Å². The molecule has 0 saturated heterocycles. The Morgan fingerprint density at radius 2 is 1.03 bits per heavy atom. The molecular formula is C35H27NO. The summed E-state index contributed by atoms with van der Waals surface area (Å²) < 4.78 is 5.89. The Hall–Kier alpha value is -4.43. The van der Waals surface area contributed by atoms with Gasteiger partial charge in [0.25, 0.3) is 0 Å². The van der Waals surface area contributed by atoms with E-state index in [-0.39, 0.29) is 5.54 Å². The minimum absolute atomic E-state index is 0.165. The topological polar surface area (TPSA) is 21.6 Å². The van der Waals surface area contributed by atoms with Crippen LogP contribution in [0.5, 0.6) is 0 Å². The molecule has 2 nitrogen and oxygen atoms in total. The molecule has 0 radical (unpaired) electrons. The van der Waals surface area contributed by atoms with Crippen molar-refractivity contribution in [1.82, 2.24) is 0 Å². The Bertz CT molecular complexity index is 1790. The zero-order valence-corrected chi connectivity index (χ0v) is 21.0. The summed E-state index contributed by atoms with van der Waals surface area (Å²) in [4.78, 5) is 4.76. The van der Waals surface area contributed by atoms with E-state index in [4.69, 9.17) is 9.73 Å². The Morgan fingerprint density at radius 3 is 1.57 bits per heavy atom. The van der Waals surface area contributed by atoms with Crippen molar-refractivity contribution in [3.05, 3.63) is 121 Å². The molecule has 37 heavy (non-hydrogen) atoms. The van der Waals surface area contributed by atoms with Crippen LogP contribution in [0.4, 0.5) is 0 Å². The van der Waals surface area contributed by atoms with Crippen LogP contribution in [0.25, 0.3) is 54.6 Å². The first-order valence-electron chi connectivity index (χ1n) is 12.8. The number of hydrogen-bond donors (Lipinski definition) is 0. The lowest BCUT2D eigenvalue weighted by atomic mass is 9.85. The van der Waals surface area contributed by atoms with E-state index in [0.29, 0.717) is 6.61 Å². The van der Waals surface area contributed by atoms with Gasteiger partial charge in [-0.1, -0.05) is 97.1 Å². The molecule has 0 saturated carbocycles. The van der Waals surface area contributed by atoms with Crippen molar-refractivity contribution in [3.8, 4) is 22.3 Å². The average Bonchev–Trinajstić information content (AvgIpc) is 3.31. The van der Waals surface area contributed by atoms with E-state index in [1.807, 2.05) is 0 Å². The van der Waals surface area contributed by atoms with E-state index in [1.165, 1.54) is 54.6 Å². The van der Waals surface area contributed by atoms with E-state index in [0.717, 1.165) is 11.5 Å². The Morgan fingerprint density at radius 1 is 0.541 bits per heavy atom. The smallest absolute Gasteiger partial charge is 0.216 e. The minimum atomic E-state index is -0.165. The van der Waals surface area contributed by atoms with E-state index in [9.17, 15) is 0 Å². The molecule has 0 aliphatic carbocycles. The first-order chi connectivity index (χ1) is 18.1. The standard InChI is InChI=1S/C35H27NO/c1-35(2)22-37-34(36-35)27-19-17-24-20-26(18-16-25(24)21-27)33-30-14-8-6-12-28(30)32(23-10-4-3-5-11-23)29-13-7-9-15-31(29)33/h3-21H,22H2,1-2H3. The molecule has 1 heterocycles. The molecule has 0 fully saturated rings. The number of fused-ring (bicyclic) bond motifs is 3. The van der Waals surface area contributed by atoms with Crippen LogP contribution in [-0.4, -0.2) is 18.0 Å². The average molecular weight is 478 g/mol. The van der Waals surface area contributed by atoms with Crippen molar-refractivity contribution < 1.29 is 4.74 Å². The molecule has 7 rings (SSSR count). The maximum Gasteiger partial charge on any atom is 0.216 e. The number of rotatable bonds is 3. The molecule has 6 aromatic rings. The molecule has 0 aromatic heterocycles. The number of benzene rings is 6. The van der Waals surface area contributed by atoms with E-state index >= 15 is 0 Å². The zero-order valence-electron chi connectivity index (χ0n) is 21.0. The maximum absolute atomic E-state index is 5.89. The molecule has 178 valence electrons. The summed E-state index contributed by atoms with van der Waals surface area (Å²) >= 11 is 0. The highest BCUT2D eigenvalue weighted by molar-refractivity contribution is 6.21. The van der Waals surface area contributed by atoms with E-state index in [1.54, 1.807) is 0 Å². The number of ether oxygens (including phenoxy) is 1. The summed E-state index contributed by atoms with van der Waals surface area (Å²) in [7, 11) is 0. The fraction of sp³-hybridized carbons (Fsp3) is 0.114. The fourth-order valence-corrected chi connectivity index (χ4v) is 5.62. The maximum atomic E-state index is 5.89. The van der Waals surface area contributed by atoms with E-state index < -0.39 is 0 Å². The third-order valence-corrected chi connectivity index (χ3v) is 7.34. The van der Waals surface area contributed by atoms with E-state index in [2.05, 4.69) is 129 Å². The van der Waals surface area contributed by atoms with Gasteiger partial charge in [0.05, 0.1) is 5.54 Å². The highest BCUT2D eigenvalue weighted by atomic mass is 16.5. The second kappa shape index (κ2) is 8.31. The van der Waals surface area contributed by atoms with Crippen LogP contribution in [0.2, 0.25) is 0 Å². The molecule has 0 spiro atoms. The molecule has 0 unspecified atom stereocenters. The summed E-state index contributed by atoms with van der Waals surface area (Å²) in [5.74, 6) is 0.740. The minimum Gasteiger partial charge on any atom is -0.475 e. The van der Waals surface area contributed by atoms with Gasteiger partial charge < -0.3 is 4.74 Å². The molecule has 0 atom stereocenters. The van der Waals surface area contributed by atoms with Crippen LogP contribution in [0.1, 0.15) is 19.4 Å². The normalized spacial score (nSPS) is 14.7. The summed E-state index contributed by atoms with van der Waals surface area (Å²) in [5, 5.41) is 7.49. The Labute approximate surface area is 216 Å². The zero-order chi connectivity index (χ0) is 25.0. The highest BCUT2D eigenvalue weighted by Crippen LogP contribution is 2.44. The van der Waals surface area contributed by atoms with Crippen molar-refractivity contribution in [2.45, 2.75) is 19.4 Å². The van der Waals surface area contributed by atoms with Crippen molar-refractivity contribution in [1.29, 1.82) is 0 Å². The van der Waals surface area contributed by atoms with Gasteiger partial charge in [0, 0.05) is 5.56 Å². The van der Waals surface area contributed by atoms with Gasteiger partial charge >= 0.3 is 0 Å². The highest BCUT2D eigenvalue weighted by Gasteiger charge is 2.27. The van der Waals surface area contributed by atoms with Gasteiger partial charge in [-0.2, -0.15) is 0 Å². The van der Waals surface area contributed by atoms with Crippen molar-refractivity contribution in [3.63, 3.8) is 0 Å². The van der Waals surface area contributed by atoms with Crippen LogP contribution in [0.15, 0.2) is 120 Å². The lowest BCUT2D eigenvalue weighted by Crippen LogP contribution is -2.17. The van der Waals surface area contributed by atoms with Crippen LogP contribution in [0.3, 0.4) is 0 Å². The van der Waals surface area contributed by atoms with Crippen LogP contribution in [-0.2, 0) is 4.74 Å². The molecule has 1 aliphatic rings. The predicted octanol–water partition coefficient (Wildman–Crippen LogP) is 9.04.